The highest BCUT2D eigenvalue weighted by Crippen LogP contribution is 2.45. The van der Waals surface area contributed by atoms with Crippen LogP contribution in [0.5, 0.6) is 0 Å². The van der Waals surface area contributed by atoms with Gasteiger partial charge in [-0.05, 0) is 6.42 Å². The molecule has 0 aromatic carbocycles. The molecule has 0 spiro atoms. The summed E-state index contributed by atoms with van der Waals surface area (Å²) in [5, 5.41) is 0. The molecule has 2 atom stereocenters. The monoisotopic (exact) mass is 93.1 g/mol. The van der Waals surface area contributed by atoms with Gasteiger partial charge in [-0.25, -0.2) is 0 Å². The fraction of sp³-hybridized carbons (Fsp3) is 0.571. The summed E-state index contributed by atoms with van der Waals surface area (Å²) in [6.45, 7) is 0. The maximum Gasteiger partial charge on any atom is 0.0896 e. The van der Waals surface area contributed by atoms with E-state index in [-0.39, 0.29) is 0 Å². The van der Waals surface area contributed by atoms with E-state index in [0.29, 0.717) is 0 Å². The minimum Gasteiger partial charge on any atom is -0.0215 e. The molecular weight excluding hydrogens is 84.1 g/mol. The van der Waals surface area contributed by atoms with Gasteiger partial charge in [-0.1, -0.05) is 0 Å². The van der Waals surface area contributed by atoms with E-state index in [4.69, 9.17) is 0 Å². The van der Waals surface area contributed by atoms with Crippen molar-refractivity contribution in [1.29, 1.82) is 0 Å². The molecule has 0 heteroatoms. The maximum atomic E-state index is 2.33. The quantitative estimate of drug-likeness (QED) is 0.400. The third-order valence-electron chi connectivity index (χ3n) is 1.91. The maximum absolute atomic E-state index is 2.33. The molecule has 0 unspecified atom stereocenters. The fourth-order valence-corrected chi connectivity index (χ4v) is 1.25. The lowest BCUT2D eigenvalue weighted by Gasteiger charge is -1.88. The summed E-state index contributed by atoms with van der Waals surface area (Å²) in [5.74, 6) is 2.05. The van der Waals surface area contributed by atoms with Gasteiger partial charge < -0.3 is 0 Å². The van der Waals surface area contributed by atoms with Gasteiger partial charge in [-0.2, -0.15) is 0 Å². The van der Waals surface area contributed by atoms with Gasteiger partial charge in [0.1, 0.15) is 0 Å². The molecule has 0 amide bonds. The average molecular weight is 93.1 g/mol. The van der Waals surface area contributed by atoms with E-state index >= 15 is 0 Å². The molecule has 0 heterocycles. The molecule has 0 radical (unpaired) electrons. The topological polar surface area (TPSA) is 0 Å². The Morgan fingerprint density at radius 1 is 1.57 bits per heavy atom. The second-order valence-corrected chi connectivity index (χ2v) is 2.52. The minimum absolute atomic E-state index is 0.991. The predicted molar refractivity (Wildman–Crippen MR) is 29.7 cm³/mol. The lowest BCUT2D eigenvalue weighted by atomic mass is 10.1. The van der Waals surface area contributed by atoms with Crippen molar-refractivity contribution >= 4 is 0 Å². The number of fused-ring (bicyclic) bond motifs is 1. The van der Waals surface area contributed by atoms with Crippen LogP contribution in [0.25, 0.3) is 0 Å². The van der Waals surface area contributed by atoms with E-state index in [2.05, 4.69) is 18.6 Å². The Morgan fingerprint density at radius 3 is 3.14 bits per heavy atom. The standard InChI is InChI=1S/C7H9/c1-2-4-7-5-6(7)3-1/h1-3,6-7H,4-5H2/q+1/t6-,7+/m0/s1. The zero-order valence-electron chi connectivity index (χ0n) is 4.30. The third kappa shape index (κ3) is 0.460. The van der Waals surface area contributed by atoms with Crippen molar-refractivity contribution in [3.8, 4) is 0 Å². The van der Waals surface area contributed by atoms with Crippen molar-refractivity contribution in [2.75, 3.05) is 0 Å². The van der Waals surface area contributed by atoms with Crippen LogP contribution < -0.4 is 0 Å². The molecule has 2 aliphatic rings. The highest BCUT2D eigenvalue weighted by Gasteiger charge is 2.42. The van der Waals surface area contributed by atoms with Gasteiger partial charge >= 0.3 is 0 Å². The zero-order chi connectivity index (χ0) is 4.69. The zero-order valence-corrected chi connectivity index (χ0v) is 4.30. The van der Waals surface area contributed by atoms with Crippen molar-refractivity contribution < 1.29 is 0 Å². The first-order chi connectivity index (χ1) is 3.47. The summed E-state index contributed by atoms with van der Waals surface area (Å²) in [5.41, 5.74) is 0. The Morgan fingerprint density at radius 2 is 2.57 bits per heavy atom. The Bertz CT molecular complexity index is 90.6. The molecule has 0 aromatic rings. The summed E-state index contributed by atoms with van der Waals surface area (Å²) in [6, 6.07) is 0. The Labute approximate surface area is 44.2 Å². The normalized spacial score (nSPS) is 44.6. The molecule has 0 nitrogen and oxygen atoms in total. The van der Waals surface area contributed by atoms with Gasteiger partial charge in [-0.15, -0.1) is 0 Å². The van der Waals surface area contributed by atoms with Gasteiger partial charge in [0.25, 0.3) is 0 Å². The van der Waals surface area contributed by atoms with E-state index in [1.807, 2.05) is 0 Å². The first kappa shape index (κ1) is 3.59. The summed E-state index contributed by atoms with van der Waals surface area (Å²) >= 11 is 0. The molecule has 0 aliphatic heterocycles. The summed E-state index contributed by atoms with van der Waals surface area (Å²) < 4.78 is 0. The molecular formula is C7H9+. The van der Waals surface area contributed by atoms with Crippen LogP contribution in [-0.2, 0) is 0 Å². The highest BCUT2D eigenvalue weighted by molar-refractivity contribution is 5.13. The van der Waals surface area contributed by atoms with Crippen molar-refractivity contribution in [3.05, 3.63) is 18.6 Å². The molecule has 1 saturated carbocycles. The van der Waals surface area contributed by atoms with E-state index in [1.54, 1.807) is 0 Å². The lowest BCUT2D eigenvalue weighted by Crippen LogP contribution is -1.84. The molecule has 0 aromatic heterocycles. The molecule has 2 aliphatic carbocycles. The highest BCUT2D eigenvalue weighted by atomic mass is 14.4. The number of rotatable bonds is 0. The second kappa shape index (κ2) is 1.06. The number of hydrogen-bond donors (Lipinski definition) is 0. The molecule has 1 fully saturated rings. The SMILES string of the molecule is C1=CC[C@@H]2C[C@@H]2[CH+]1. The van der Waals surface area contributed by atoms with Crippen LogP contribution in [0.1, 0.15) is 12.8 Å². The van der Waals surface area contributed by atoms with Crippen LogP contribution in [0.3, 0.4) is 0 Å². The van der Waals surface area contributed by atoms with Gasteiger partial charge in [0.15, 0.2) is 0 Å². The van der Waals surface area contributed by atoms with Gasteiger partial charge in [0, 0.05) is 30.8 Å². The summed E-state index contributed by atoms with van der Waals surface area (Å²) in [6.07, 6.45) is 9.62. The van der Waals surface area contributed by atoms with Crippen LogP contribution in [0, 0.1) is 18.3 Å². The molecule has 0 bridgehead atoms. The Hall–Kier alpha value is -0.390. The van der Waals surface area contributed by atoms with Crippen LogP contribution >= 0.6 is 0 Å². The van der Waals surface area contributed by atoms with Gasteiger partial charge in [0.05, 0.1) is 6.08 Å². The average Bonchev–Trinajstić information content (AvgIpc) is 2.41. The van der Waals surface area contributed by atoms with Gasteiger partial charge in [-0.3, -0.25) is 0 Å². The van der Waals surface area contributed by atoms with Gasteiger partial charge in [0.2, 0.25) is 0 Å². The van der Waals surface area contributed by atoms with Crippen molar-refractivity contribution in [2.24, 2.45) is 11.8 Å². The van der Waals surface area contributed by atoms with Crippen LogP contribution in [-0.4, -0.2) is 0 Å². The Kier molecular flexibility index (Phi) is 0.543. The first-order valence-electron chi connectivity index (χ1n) is 2.97. The van der Waals surface area contributed by atoms with Crippen LogP contribution in [0.4, 0.5) is 0 Å². The van der Waals surface area contributed by atoms with Crippen LogP contribution in [0.2, 0.25) is 0 Å². The lowest BCUT2D eigenvalue weighted by molar-refractivity contribution is 0.767. The first-order valence-corrected chi connectivity index (χ1v) is 2.97. The molecule has 36 valence electrons. The molecule has 0 N–H and O–H groups in total. The smallest absolute Gasteiger partial charge is 0.0215 e. The van der Waals surface area contributed by atoms with Crippen LogP contribution in [0.15, 0.2) is 12.2 Å². The third-order valence-corrected chi connectivity index (χ3v) is 1.91. The summed E-state index contributed by atoms with van der Waals surface area (Å²) in [7, 11) is 0. The van der Waals surface area contributed by atoms with E-state index in [1.165, 1.54) is 12.8 Å². The van der Waals surface area contributed by atoms with Crippen molar-refractivity contribution in [3.63, 3.8) is 0 Å². The van der Waals surface area contributed by atoms with E-state index in [0.717, 1.165) is 11.8 Å². The van der Waals surface area contributed by atoms with E-state index < -0.39 is 0 Å². The fourth-order valence-electron chi connectivity index (χ4n) is 1.25. The molecule has 7 heavy (non-hydrogen) atoms. The van der Waals surface area contributed by atoms with Crippen molar-refractivity contribution in [1.82, 2.24) is 0 Å². The molecule has 0 saturated heterocycles. The number of hydrogen-bond acceptors (Lipinski definition) is 0. The largest absolute Gasteiger partial charge is 0.0896 e. The minimum atomic E-state index is 0.991. The Balaban J connectivity index is 2.10. The van der Waals surface area contributed by atoms with E-state index in [9.17, 15) is 0 Å². The second-order valence-electron chi connectivity index (χ2n) is 2.52. The number of allylic oxidation sites excluding steroid dienone is 2. The van der Waals surface area contributed by atoms with Crippen molar-refractivity contribution in [2.45, 2.75) is 12.8 Å². The molecule has 2 rings (SSSR count). The summed E-state index contributed by atoms with van der Waals surface area (Å²) in [4.78, 5) is 0. The predicted octanol–water partition coefficient (Wildman–Crippen LogP) is 1.79.